The molecule has 13 nitrogen and oxygen atoms in total. The van der Waals surface area contributed by atoms with E-state index in [-0.39, 0.29) is 0 Å². The van der Waals surface area contributed by atoms with E-state index in [0.717, 1.165) is 169 Å². The first-order valence-electron chi connectivity index (χ1n) is 37.1. The van der Waals surface area contributed by atoms with Crippen molar-refractivity contribution in [1.29, 1.82) is 0 Å². The summed E-state index contributed by atoms with van der Waals surface area (Å²) in [7, 11) is 0. The predicted molar refractivity (Wildman–Crippen MR) is 472 cm³/mol. The van der Waals surface area contributed by atoms with E-state index in [1.54, 1.807) is 0 Å². The number of halogens is 3. The van der Waals surface area contributed by atoms with Crippen LogP contribution in [0.3, 0.4) is 0 Å². The summed E-state index contributed by atoms with van der Waals surface area (Å²) in [6, 6.07) is 122. The van der Waals surface area contributed by atoms with Crippen molar-refractivity contribution in [3.05, 3.63) is 390 Å². The average molecular weight is 1660 g/mol. The van der Waals surface area contributed by atoms with Gasteiger partial charge in [0.25, 0.3) is 0 Å². The van der Waals surface area contributed by atoms with Gasteiger partial charge < -0.3 is 13.7 Å². The Bertz CT molecular complexity index is 6240. The Balaban J connectivity index is 0.000000115. The molecule has 21 rings (SSSR count). The summed E-state index contributed by atoms with van der Waals surface area (Å²) < 4.78 is 9.85. The van der Waals surface area contributed by atoms with Crippen LogP contribution in [0.15, 0.2) is 390 Å². The summed E-state index contributed by atoms with van der Waals surface area (Å²) in [5.41, 5.74) is 25.2. The summed E-state index contributed by atoms with van der Waals surface area (Å²) in [5, 5.41) is 3.37. The van der Waals surface area contributed by atoms with E-state index in [1.807, 2.05) is 182 Å². The summed E-state index contributed by atoms with van der Waals surface area (Å²) in [6.45, 7) is 0. The van der Waals surface area contributed by atoms with E-state index >= 15 is 0 Å². The van der Waals surface area contributed by atoms with Gasteiger partial charge in [0.15, 0.2) is 29.1 Å². The Morgan fingerprint density at radius 2 is 0.412 bits per heavy atom. The molecular weight excluding hydrogens is 1600 g/mol. The van der Waals surface area contributed by atoms with Crippen LogP contribution >= 0.6 is 47.8 Å². The molecule has 0 radical (unpaired) electrons. The lowest BCUT2D eigenvalue weighted by Crippen LogP contribution is -2.00. The Morgan fingerprint density at radius 1 is 0.184 bits per heavy atom. The first-order valence-corrected chi connectivity index (χ1v) is 39.4. The Hall–Kier alpha value is -13.9. The average Bonchev–Trinajstić information content (AvgIpc) is 1.60. The van der Waals surface area contributed by atoms with E-state index in [2.05, 4.69) is 271 Å². The Labute approximate surface area is 680 Å². The number of fused-ring (bicyclic) bond motifs is 9. The van der Waals surface area contributed by atoms with Crippen LogP contribution in [0.4, 0.5) is 0 Å². The van der Waals surface area contributed by atoms with Gasteiger partial charge in [-0.1, -0.05) is 242 Å². The van der Waals surface area contributed by atoms with Crippen LogP contribution < -0.4 is 0 Å². The topological polar surface area (TPSA) is 144 Å². The van der Waals surface area contributed by atoms with Gasteiger partial charge in [-0.25, -0.2) is 34.9 Å². The molecule has 540 valence electrons. The third-order valence-electron chi connectivity index (χ3n) is 20.0. The molecule has 0 aliphatic rings. The molecule has 0 fully saturated rings. The molecule has 0 saturated heterocycles. The van der Waals surface area contributed by atoms with Crippen LogP contribution in [0.5, 0.6) is 0 Å². The normalized spacial score (nSPS) is 11.3. The third kappa shape index (κ3) is 14.1. The van der Waals surface area contributed by atoms with Crippen LogP contribution in [0.1, 0.15) is 0 Å². The minimum Gasteiger partial charge on any atom is -0.308 e. The van der Waals surface area contributed by atoms with E-state index < -0.39 is 0 Å². The minimum absolute atomic E-state index is 0.635. The van der Waals surface area contributed by atoms with E-state index in [0.29, 0.717) is 29.1 Å². The second-order valence-electron chi connectivity index (χ2n) is 27.2. The van der Waals surface area contributed by atoms with Gasteiger partial charge in [-0.05, 0) is 164 Å². The van der Waals surface area contributed by atoms with Crippen LogP contribution in [0.25, 0.3) is 185 Å². The molecule has 9 aromatic heterocycles. The molecule has 12 aromatic carbocycles. The van der Waals surface area contributed by atoms with Crippen molar-refractivity contribution in [2.45, 2.75) is 0 Å². The van der Waals surface area contributed by atoms with Crippen molar-refractivity contribution < 1.29 is 0 Å². The van der Waals surface area contributed by atoms with Gasteiger partial charge in [-0.2, -0.15) is 0 Å². The van der Waals surface area contributed by atoms with E-state index in [4.69, 9.17) is 34.9 Å². The van der Waals surface area contributed by atoms with Crippen LogP contribution in [0.2, 0.25) is 0 Å². The molecule has 16 heteroatoms. The number of rotatable bonds is 12. The zero-order valence-electron chi connectivity index (χ0n) is 60.7. The fourth-order valence-corrected chi connectivity index (χ4v) is 15.7. The molecule has 114 heavy (non-hydrogen) atoms. The number of nitrogens with zero attached hydrogens (tertiary/aromatic N) is 13. The van der Waals surface area contributed by atoms with Gasteiger partial charge in [0, 0.05) is 115 Å². The molecule has 0 aliphatic carbocycles. The van der Waals surface area contributed by atoms with Gasteiger partial charge in [0.2, 0.25) is 0 Å². The molecule has 21 aromatic rings. The second kappa shape index (κ2) is 31.1. The Morgan fingerprint density at radius 3 is 0.684 bits per heavy atom. The summed E-state index contributed by atoms with van der Waals surface area (Å²) in [6.07, 6.45) is 5.53. The van der Waals surface area contributed by atoms with Crippen LogP contribution in [-0.2, 0) is 0 Å². The molecule has 0 saturated carbocycles. The SMILES string of the molecule is Brc1ccc2c3ncccc3n(-c3ccc(-c4cc(-c5ccccc5)nc(-c5ccccc5)n4)cc3)c2c1.Brc1ccc2c3ncccc3n(-c3ccc(-c4nc(-c5ccccc5)cc(-c5ccccc5)n4)cc3)c2c1.Brc1ccc2c3ncccc3n(-c3ccc(-c4nc(-c5ccccc5)nc(-c5ccccc5)n4)cc3)c2c1. The largest absolute Gasteiger partial charge is 0.308 e. The highest BCUT2D eigenvalue weighted by atomic mass is 79.9. The van der Waals surface area contributed by atoms with Crippen molar-refractivity contribution in [3.8, 4) is 119 Å². The summed E-state index contributed by atoms with van der Waals surface area (Å²) in [5.74, 6) is 3.34. The van der Waals surface area contributed by atoms with Crippen molar-refractivity contribution >= 4 is 114 Å². The van der Waals surface area contributed by atoms with Gasteiger partial charge in [0.05, 0.1) is 72.4 Å². The maximum Gasteiger partial charge on any atom is 0.164 e. The first kappa shape index (κ1) is 70.5. The lowest BCUT2D eigenvalue weighted by Gasteiger charge is -2.11. The number of benzene rings is 12. The Kier molecular flexibility index (Phi) is 19.2. The molecule has 0 unspecified atom stereocenters. The number of hydrogen-bond acceptors (Lipinski definition) is 10. The molecular formula is C98H62Br3N13. The van der Waals surface area contributed by atoms with Crippen LogP contribution in [0, 0.1) is 0 Å². The first-order chi connectivity index (χ1) is 56.2. The number of hydrogen-bond donors (Lipinski definition) is 0. The lowest BCUT2D eigenvalue weighted by atomic mass is 10.1. The maximum atomic E-state index is 4.97. The van der Waals surface area contributed by atoms with Crippen molar-refractivity contribution in [2.24, 2.45) is 0 Å². The summed E-state index contributed by atoms with van der Waals surface area (Å²) >= 11 is 10.9. The molecule has 0 bridgehead atoms. The molecule has 9 heterocycles. The van der Waals surface area contributed by atoms with Gasteiger partial charge >= 0.3 is 0 Å². The summed E-state index contributed by atoms with van der Waals surface area (Å²) in [4.78, 5) is 48.3. The zero-order valence-corrected chi connectivity index (χ0v) is 65.5. The van der Waals surface area contributed by atoms with Gasteiger partial charge in [0.1, 0.15) is 0 Å². The van der Waals surface area contributed by atoms with Crippen molar-refractivity contribution in [1.82, 2.24) is 63.5 Å². The quantitative estimate of drug-likeness (QED) is 0.116. The van der Waals surface area contributed by atoms with Crippen molar-refractivity contribution in [2.75, 3.05) is 0 Å². The fourth-order valence-electron chi connectivity index (χ4n) is 14.6. The van der Waals surface area contributed by atoms with E-state index in [9.17, 15) is 0 Å². The van der Waals surface area contributed by atoms with Gasteiger partial charge in [-0.3, -0.25) is 15.0 Å². The number of aromatic nitrogens is 13. The maximum absolute atomic E-state index is 4.97. The minimum atomic E-state index is 0.635. The van der Waals surface area contributed by atoms with E-state index in [1.165, 1.54) is 0 Å². The monoisotopic (exact) mass is 1660 g/mol. The standard InChI is InChI=1S/2C33H21BrN4.C32H20BrN5/c34-25-15-18-27-31(20-25)38(30-12-7-19-35-32(27)30)26-16-13-23(14-17-26)29-21-28(22-8-3-1-4-9-22)36-33(37-29)24-10-5-2-6-11-24;34-25-15-18-27-31(20-25)38(30-12-7-19-35-32(27)30)26-16-13-24(14-17-26)33-36-28(22-8-3-1-4-9-22)21-29(37-33)23-10-5-2-6-11-23;33-24-15-18-26-28(20-24)38(27-12-7-19-34-29(26)27)25-16-13-23(14-17-25)32-36-30(21-8-3-1-4-9-21)35-31(37-32)22-10-5-2-6-11-22/h2*1-21H;1-20H. The smallest absolute Gasteiger partial charge is 0.164 e. The lowest BCUT2D eigenvalue weighted by molar-refractivity contribution is 1.07. The number of pyridine rings is 3. The highest BCUT2D eigenvalue weighted by molar-refractivity contribution is 9.11. The molecule has 0 atom stereocenters. The predicted octanol–water partition coefficient (Wildman–Crippen LogP) is 25.6. The highest BCUT2D eigenvalue weighted by Gasteiger charge is 2.21. The zero-order chi connectivity index (χ0) is 76.4. The van der Waals surface area contributed by atoms with Crippen LogP contribution in [-0.4, -0.2) is 63.5 Å². The third-order valence-corrected chi connectivity index (χ3v) is 21.5. The molecule has 0 amide bonds. The van der Waals surface area contributed by atoms with Gasteiger partial charge in [-0.15, -0.1) is 0 Å². The van der Waals surface area contributed by atoms with Crippen molar-refractivity contribution in [3.63, 3.8) is 0 Å². The fraction of sp³-hybridized carbons (Fsp3) is 0. The highest BCUT2D eigenvalue weighted by Crippen LogP contribution is 2.39. The second-order valence-corrected chi connectivity index (χ2v) is 29.9. The molecule has 0 aliphatic heterocycles. The molecule has 0 N–H and O–H groups in total. The molecule has 0 spiro atoms.